The highest BCUT2D eigenvalue weighted by atomic mass is 32.2. The summed E-state index contributed by atoms with van der Waals surface area (Å²) in [5.41, 5.74) is 2.85. The molecule has 40 heavy (non-hydrogen) atoms. The smallest absolute Gasteiger partial charge is 0.303 e. The fourth-order valence-electron chi connectivity index (χ4n) is 4.63. The molecule has 0 amide bonds. The predicted octanol–water partition coefficient (Wildman–Crippen LogP) is 4.88. The van der Waals surface area contributed by atoms with E-state index in [1.165, 1.54) is 24.7 Å². The van der Waals surface area contributed by atoms with Crippen LogP contribution in [0, 0.1) is 5.82 Å². The summed E-state index contributed by atoms with van der Waals surface area (Å²) in [5, 5.41) is 22.9. The van der Waals surface area contributed by atoms with Gasteiger partial charge in [-0.15, -0.1) is 0 Å². The summed E-state index contributed by atoms with van der Waals surface area (Å²) >= 11 is 0. The molecule has 0 aliphatic carbocycles. The minimum Gasteiger partial charge on any atom is -0.481 e. The molecule has 0 spiro atoms. The van der Waals surface area contributed by atoms with Gasteiger partial charge in [0.25, 0.3) is 0 Å². The number of aliphatic hydroxyl groups excluding tert-OH is 1. The summed E-state index contributed by atoms with van der Waals surface area (Å²) in [6, 6.07) is 21.1. The van der Waals surface area contributed by atoms with E-state index in [1.807, 2.05) is 32.0 Å². The highest BCUT2D eigenvalue weighted by molar-refractivity contribution is 7.89. The van der Waals surface area contributed by atoms with Gasteiger partial charge in [-0.25, -0.2) is 12.8 Å². The largest absolute Gasteiger partial charge is 0.481 e. The normalized spacial score (nSPS) is 12.9. The molecule has 3 N–H and O–H groups in total. The van der Waals surface area contributed by atoms with Crippen LogP contribution in [0.3, 0.4) is 0 Å². The molecule has 0 saturated heterocycles. The van der Waals surface area contributed by atoms with Crippen LogP contribution in [0.5, 0.6) is 0 Å². The first-order valence-electron chi connectivity index (χ1n) is 13.4. The Morgan fingerprint density at radius 2 is 1.70 bits per heavy atom. The third kappa shape index (κ3) is 8.96. The Morgan fingerprint density at radius 1 is 1.02 bits per heavy atom. The van der Waals surface area contributed by atoms with E-state index in [9.17, 15) is 18.3 Å². The number of sulfonamides is 1. The van der Waals surface area contributed by atoms with Crippen LogP contribution in [0.1, 0.15) is 44.2 Å². The number of likely N-dealkylation sites (N-methyl/N-ethyl adjacent to an activating group) is 1. The lowest BCUT2D eigenvalue weighted by Crippen LogP contribution is -2.46. The van der Waals surface area contributed by atoms with E-state index >= 15 is 4.39 Å². The SMILES string of the molecule is CN(CC(O)CNC(C)(C)CCCc1ccccc1)S(=O)(=O)c1ccc(-c2ccccc2CCC(=O)O)cc1F. The third-order valence-corrected chi connectivity index (χ3v) is 8.81. The van der Waals surface area contributed by atoms with Crippen molar-refractivity contribution in [1.29, 1.82) is 0 Å². The molecule has 1 unspecified atom stereocenters. The average Bonchev–Trinajstić information content (AvgIpc) is 2.91. The van der Waals surface area contributed by atoms with Crippen LogP contribution in [0.2, 0.25) is 0 Å². The molecule has 0 saturated carbocycles. The van der Waals surface area contributed by atoms with Crippen LogP contribution in [0.15, 0.2) is 77.7 Å². The summed E-state index contributed by atoms with van der Waals surface area (Å²) in [6.07, 6.45) is 2.00. The topological polar surface area (TPSA) is 107 Å². The van der Waals surface area contributed by atoms with Gasteiger partial charge >= 0.3 is 5.97 Å². The first kappa shape index (κ1) is 31.4. The maximum Gasteiger partial charge on any atom is 0.303 e. The van der Waals surface area contributed by atoms with Crippen LogP contribution < -0.4 is 5.32 Å². The number of aliphatic carboxylic acids is 1. The van der Waals surface area contributed by atoms with Gasteiger partial charge in [-0.3, -0.25) is 4.79 Å². The molecule has 1 atom stereocenters. The van der Waals surface area contributed by atoms with Crippen LogP contribution in [-0.2, 0) is 27.7 Å². The molecule has 3 aromatic rings. The van der Waals surface area contributed by atoms with Crippen molar-refractivity contribution in [2.45, 2.75) is 62.5 Å². The zero-order valence-electron chi connectivity index (χ0n) is 23.3. The number of halogens is 1. The van der Waals surface area contributed by atoms with Gasteiger partial charge in [-0.1, -0.05) is 60.7 Å². The number of nitrogens with zero attached hydrogens (tertiary/aromatic N) is 1. The number of aliphatic hydroxyl groups is 1. The van der Waals surface area contributed by atoms with Crippen LogP contribution in [0.4, 0.5) is 4.39 Å². The highest BCUT2D eigenvalue weighted by Gasteiger charge is 2.27. The second-order valence-electron chi connectivity index (χ2n) is 10.7. The van der Waals surface area contributed by atoms with E-state index in [4.69, 9.17) is 5.11 Å². The molecule has 7 nitrogen and oxygen atoms in total. The Labute approximate surface area is 236 Å². The average molecular weight is 571 g/mol. The van der Waals surface area contributed by atoms with E-state index in [1.54, 1.807) is 24.3 Å². The van der Waals surface area contributed by atoms with Gasteiger partial charge in [0.1, 0.15) is 10.7 Å². The highest BCUT2D eigenvalue weighted by Crippen LogP contribution is 2.29. The lowest BCUT2D eigenvalue weighted by Gasteiger charge is -2.29. The van der Waals surface area contributed by atoms with E-state index in [0.29, 0.717) is 11.1 Å². The molecule has 3 aromatic carbocycles. The summed E-state index contributed by atoms with van der Waals surface area (Å²) in [6.45, 7) is 4.07. The minimum absolute atomic E-state index is 0.0706. The predicted molar refractivity (Wildman–Crippen MR) is 155 cm³/mol. The molecule has 0 aliphatic rings. The van der Waals surface area contributed by atoms with Crippen molar-refractivity contribution in [3.8, 4) is 11.1 Å². The molecule has 3 rings (SSSR count). The van der Waals surface area contributed by atoms with Crippen LogP contribution in [-0.4, -0.2) is 60.7 Å². The van der Waals surface area contributed by atoms with Gasteiger partial charge in [0.2, 0.25) is 10.0 Å². The van der Waals surface area contributed by atoms with Crippen molar-refractivity contribution in [3.63, 3.8) is 0 Å². The van der Waals surface area contributed by atoms with Gasteiger partial charge in [0.05, 0.1) is 6.10 Å². The van der Waals surface area contributed by atoms with E-state index < -0.39 is 32.8 Å². The fraction of sp³-hybridized carbons (Fsp3) is 0.387. The molecule has 0 aromatic heterocycles. The Hall–Kier alpha value is -3.11. The quantitative estimate of drug-likeness (QED) is 0.240. The van der Waals surface area contributed by atoms with Crippen molar-refractivity contribution in [1.82, 2.24) is 9.62 Å². The standard InChI is InChI=1S/C31H39FN2O5S/c1-31(2,19-9-12-23-10-5-4-6-11-23)33-21-26(35)22-34(3)40(38,39)29-17-15-25(20-28(29)32)27-14-8-7-13-24(27)16-18-30(36)37/h4-8,10-11,13-15,17,20,26,33,35H,9,12,16,18-19,21-22H2,1-3H3,(H,36,37). The van der Waals surface area contributed by atoms with Crippen LogP contribution >= 0.6 is 0 Å². The molecule has 0 fully saturated rings. The summed E-state index contributed by atoms with van der Waals surface area (Å²) in [4.78, 5) is 10.5. The number of β-amino-alcohol motifs (C(OH)–C–C–N with tert-alkyl or cyclic N) is 1. The number of hydrogen-bond acceptors (Lipinski definition) is 5. The maximum absolute atomic E-state index is 15.1. The van der Waals surface area contributed by atoms with Crippen LogP contribution in [0.25, 0.3) is 11.1 Å². The fourth-order valence-corrected chi connectivity index (χ4v) is 5.88. The van der Waals surface area contributed by atoms with Crippen molar-refractivity contribution >= 4 is 16.0 Å². The number of carboxylic acid groups (broad SMARTS) is 1. The summed E-state index contributed by atoms with van der Waals surface area (Å²) in [7, 11) is -2.88. The maximum atomic E-state index is 15.1. The van der Waals surface area contributed by atoms with Gasteiger partial charge in [0.15, 0.2) is 0 Å². The number of carbonyl (C=O) groups is 1. The minimum atomic E-state index is -4.20. The van der Waals surface area contributed by atoms with E-state index in [2.05, 4.69) is 17.4 Å². The Kier molecular flexibility index (Phi) is 11.0. The second-order valence-corrected chi connectivity index (χ2v) is 12.8. The van der Waals surface area contributed by atoms with Crippen molar-refractivity contribution < 1.29 is 27.8 Å². The van der Waals surface area contributed by atoms with Crippen molar-refractivity contribution in [2.24, 2.45) is 0 Å². The van der Waals surface area contributed by atoms with Gasteiger partial charge < -0.3 is 15.5 Å². The molecule has 0 radical (unpaired) electrons. The summed E-state index contributed by atoms with van der Waals surface area (Å²) < 4.78 is 42.4. The zero-order chi connectivity index (χ0) is 29.3. The van der Waals surface area contributed by atoms with E-state index in [0.717, 1.165) is 35.2 Å². The number of aryl methyl sites for hydroxylation is 2. The first-order valence-corrected chi connectivity index (χ1v) is 14.9. The molecule has 0 aliphatic heterocycles. The monoisotopic (exact) mass is 570 g/mol. The van der Waals surface area contributed by atoms with Crippen molar-refractivity contribution in [3.05, 3.63) is 89.7 Å². The Morgan fingerprint density at radius 3 is 2.38 bits per heavy atom. The number of rotatable bonds is 15. The van der Waals surface area contributed by atoms with Gasteiger partial charge in [-0.2, -0.15) is 4.31 Å². The molecular formula is C31H39FN2O5S. The number of hydrogen-bond donors (Lipinski definition) is 3. The molecule has 9 heteroatoms. The number of carboxylic acids is 1. The third-order valence-electron chi connectivity index (χ3n) is 6.95. The zero-order valence-corrected chi connectivity index (χ0v) is 24.1. The number of benzene rings is 3. The van der Waals surface area contributed by atoms with Gasteiger partial charge in [-0.05, 0) is 73.9 Å². The Bertz CT molecular complexity index is 1380. The first-order chi connectivity index (χ1) is 18.9. The lowest BCUT2D eigenvalue weighted by molar-refractivity contribution is -0.136. The lowest BCUT2D eigenvalue weighted by atomic mass is 9.95. The molecule has 0 heterocycles. The number of nitrogens with one attached hydrogen (secondary N) is 1. The van der Waals surface area contributed by atoms with Crippen molar-refractivity contribution in [2.75, 3.05) is 20.1 Å². The van der Waals surface area contributed by atoms with Gasteiger partial charge in [0, 0.05) is 32.1 Å². The second kappa shape index (κ2) is 14.0. The molecule has 216 valence electrons. The van der Waals surface area contributed by atoms with E-state index in [-0.39, 0.29) is 31.5 Å². The molecular weight excluding hydrogens is 531 g/mol. The summed E-state index contributed by atoms with van der Waals surface area (Å²) in [5.74, 6) is -1.85. The Balaban J connectivity index is 1.60. The molecule has 0 bridgehead atoms.